The maximum Gasteiger partial charge on any atom is 0.221 e. The van der Waals surface area contributed by atoms with Gasteiger partial charge in [0.25, 0.3) is 0 Å². The van der Waals surface area contributed by atoms with E-state index >= 15 is 0 Å². The number of hydrogen-bond acceptors (Lipinski definition) is 3. The van der Waals surface area contributed by atoms with E-state index < -0.39 is 11.8 Å². The van der Waals surface area contributed by atoms with Gasteiger partial charge in [-0.1, -0.05) is 23.8 Å². The quantitative estimate of drug-likeness (QED) is 0.668. The molecular formula is C20H25NO3. The predicted octanol–water partition coefficient (Wildman–Crippen LogP) is 2.93. The van der Waals surface area contributed by atoms with Crippen molar-refractivity contribution in [1.82, 2.24) is 5.32 Å². The molecule has 4 nitrogen and oxygen atoms in total. The molecule has 1 saturated carbocycles. The van der Waals surface area contributed by atoms with E-state index in [1.165, 1.54) is 0 Å². The number of ketones is 2. The van der Waals surface area contributed by atoms with Crippen molar-refractivity contribution < 1.29 is 14.4 Å². The number of aryl methyl sites for hydroxylation is 3. The Hall–Kier alpha value is -2.23. The summed E-state index contributed by atoms with van der Waals surface area (Å²) >= 11 is 0. The van der Waals surface area contributed by atoms with Gasteiger partial charge in [-0.15, -0.1) is 6.58 Å². The standard InChI is InChI=1S/C20H25NO3/c1-6-14(5)21-17(23)10-15-9-16(22)19(20(15)24)18-12(3)7-11(2)8-13(18)4/h6-8,14-15,19H,1,9-10H2,2-5H3,(H,21,23). The number of nitrogens with one attached hydrogen (secondary N) is 1. The smallest absolute Gasteiger partial charge is 0.221 e. The first-order valence-corrected chi connectivity index (χ1v) is 8.30. The zero-order chi connectivity index (χ0) is 18.0. The number of rotatable bonds is 5. The number of carbonyl (C=O) groups excluding carboxylic acids is 3. The second kappa shape index (κ2) is 7.12. The van der Waals surface area contributed by atoms with Crippen LogP contribution in [0, 0.1) is 26.7 Å². The fourth-order valence-corrected chi connectivity index (χ4v) is 3.57. The van der Waals surface area contributed by atoms with Gasteiger partial charge in [0.2, 0.25) is 5.91 Å². The SMILES string of the molecule is C=CC(C)NC(=O)CC1CC(=O)C(c2c(C)cc(C)cc2C)C1=O. The number of carbonyl (C=O) groups is 3. The third-order valence-corrected chi connectivity index (χ3v) is 4.66. The normalized spacial score (nSPS) is 21.7. The molecule has 4 heteroatoms. The molecule has 0 aromatic heterocycles. The van der Waals surface area contributed by atoms with Crippen molar-refractivity contribution in [2.45, 2.75) is 52.5 Å². The minimum atomic E-state index is -0.722. The van der Waals surface area contributed by atoms with Crippen molar-refractivity contribution in [2.24, 2.45) is 5.92 Å². The van der Waals surface area contributed by atoms with Gasteiger partial charge in [0.1, 0.15) is 11.7 Å². The van der Waals surface area contributed by atoms with Gasteiger partial charge in [0.15, 0.2) is 5.78 Å². The zero-order valence-electron chi connectivity index (χ0n) is 14.8. The van der Waals surface area contributed by atoms with Gasteiger partial charge in [0.05, 0.1) is 0 Å². The molecule has 1 aromatic rings. The van der Waals surface area contributed by atoms with Crippen molar-refractivity contribution in [3.05, 3.63) is 47.0 Å². The Morgan fingerprint density at radius 2 is 1.88 bits per heavy atom. The van der Waals surface area contributed by atoms with Crippen LogP contribution in [-0.2, 0) is 14.4 Å². The largest absolute Gasteiger partial charge is 0.350 e. The van der Waals surface area contributed by atoms with E-state index in [4.69, 9.17) is 0 Å². The maximum absolute atomic E-state index is 12.8. The lowest BCUT2D eigenvalue weighted by atomic mass is 9.86. The second-order valence-corrected chi connectivity index (χ2v) is 6.81. The molecule has 3 atom stereocenters. The number of benzene rings is 1. The monoisotopic (exact) mass is 327 g/mol. The Labute approximate surface area is 143 Å². The van der Waals surface area contributed by atoms with Crippen LogP contribution in [0.4, 0.5) is 0 Å². The topological polar surface area (TPSA) is 63.2 Å². The van der Waals surface area contributed by atoms with Crippen molar-refractivity contribution in [1.29, 1.82) is 0 Å². The Bertz CT molecular complexity index is 682. The van der Waals surface area contributed by atoms with Gasteiger partial charge in [-0.25, -0.2) is 0 Å². The fraction of sp³-hybridized carbons (Fsp3) is 0.450. The molecule has 1 amide bonds. The van der Waals surface area contributed by atoms with E-state index in [0.29, 0.717) is 0 Å². The molecule has 0 aliphatic heterocycles. The van der Waals surface area contributed by atoms with E-state index in [1.54, 1.807) is 6.08 Å². The van der Waals surface area contributed by atoms with Crippen molar-refractivity contribution in [2.75, 3.05) is 0 Å². The molecule has 2 rings (SSSR count). The summed E-state index contributed by atoms with van der Waals surface area (Å²) in [5.74, 6) is -1.67. The Morgan fingerprint density at radius 3 is 2.42 bits per heavy atom. The molecule has 0 spiro atoms. The van der Waals surface area contributed by atoms with Gasteiger partial charge in [-0.3, -0.25) is 14.4 Å². The summed E-state index contributed by atoms with van der Waals surface area (Å²) in [5.41, 5.74) is 3.85. The molecule has 0 radical (unpaired) electrons. The molecule has 3 unspecified atom stereocenters. The van der Waals surface area contributed by atoms with Gasteiger partial charge >= 0.3 is 0 Å². The first-order chi connectivity index (χ1) is 11.2. The van der Waals surface area contributed by atoms with Crippen LogP contribution in [-0.4, -0.2) is 23.5 Å². The van der Waals surface area contributed by atoms with Gasteiger partial charge in [-0.2, -0.15) is 0 Å². The van der Waals surface area contributed by atoms with Crippen molar-refractivity contribution >= 4 is 17.5 Å². The van der Waals surface area contributed by atoms with Crippen LogP contribution in [0.25, 0.3) is 0 Å². The van der Waals surface area contributed by atoms with Gasteiger partial charge in [0, 0.05) is 24.8 Å². The van der Waals surface area contributed by atoms with Crippen LogP contribution in [0.3, 0.4) is 0 Å². The first kappa shape index (κ1) is 18.1. The van der Waals surface area contributed by atoms with Crippen molar-refractivity contribution in [3.63, 3.8) is 0 Å². The molecule has 24 heavy (non-hydrogen) atoms. The molecule has 1 aliphatic carbocycles. The zero-order valence-corrected chi connectivity index (χ0v) is 14.8. The first-order valence-electron chi connectivity index (χ1n) is 8.30. The lowest BCUT2D eigenvalue weighted by molar-refractivity contribution is -0.128. The van der Waals surface area contributed by atoms with Gasteiger partial charge in [-0.05, 0) is 44.4 Å². The van der Waals surface area contributed by atoms with E-state index in [0.717, 1.165) is 22.3 Å². The summed E-state index contributed by atoms with van der Waals surface area (Å²) in [4.78, 5) is 37.3. The predicted molar refractivity (Wildman–Crippen MR) is 93.9 cm³/mol. The van der Waals surface area contributed by atoms with Crippen LogP contribution in [0.15, 0.2) is 24.8 Å². The van der Waals surface area contributed by atoms with Crippen LogP contribution >= 0.6 is 0 Å². The molecular weight excluding hydrogens is 302 g/mol. The highest BCUT2D eigenvalue weighted by Gasteiger charge is 2.43. The molecule has 0 heterocycles. The summed E-state index contributed by atoms with van der Waals surface area (Å²) < 4.78 is 0. The Kier molecular flexibility index (Phi) is 5.37. The lowest BCUT2D eigenvalue weighted by Crippen LogP contribution is -2.33. The second-order valence-electron chi connectivity index (χ2n) is 6.81. The highest BCUT2D eigenvalue weighted by atomic mass is 16.2. The van der Waals surface area contributed by atoms with E-state index in [2.05, 4.69) is 11.9 Å². The fourth-order valence-electron chi connectivity index (χ4n) is 3.57. The Morgan fingerprint density at radius 1 is 1.29 bits per heavy atom. The Balaban J connectivity index is 2.21. The minimum absolute atomic E-state index is 0.0587. The maximum atomic E-state index is 12.8. The van der Waals surface area contributed by atoms with Crippen molar-refractivity contribution in [3.8, 4) is 0 Å². The average molecular weight is 327 g/mol. The summed E-state index contributed by atoms with van der Waals surface area (Å²) in [6.45, 7) is 11.3. The highest BCUT2D eigenvalue weighted by Crippen LogP contribution is 2.37. The summed E-state index contributed by atoms with van der Waals surface area (Å²) in [5, 5.41) is 2.76. The minimum Gasteiger partial charge on any atom is -0.350 e. The van der Waals surface area contributed by atoms with Crippen LogP contribution in [0.5, 0.6) is 0 Å². The van der Waals surface area contributed by atoms with Crippen LogP contribution < -0.4 is 5.32 Å². The van der Waals surface area contributed by atoms with E-state index in [9.17, 15) is 14.4 Å². The molecule has 1 N–H and O–H groups in total. The molecule has 1 aliphatic rings. The van der Waals surface area contributed by atoms with E-state index in [-0.39, 0.29) is 36.4 Å². The molecule has 1 aromatic carbocycles. The lowest BCUT2D eigenvalue weighted by Gasteiger charge is -2.16. The van der Waals surface area contributed by atoms with E-state index in [1.807, 2.05) is 39.8 Å². The molecule has 128 valence electrons. The average Bonchev–Trinajstić information content (AvgIpc) is 2.73. The third kappa shape index (κ3) is 3.64. The molecule has 1 fully saturated rings. The van der Waals surface area contributed by atoms with Gasteiger partial charge < -0.3 is 5.32 Å². The van der Waals surface area contributed by atoms with Crippen LogP contribution in [0.1, 0.15) is 47.9 Å². The number of hydrogen-bond donors (Lipinski definition) is 1. The molecule has 0 bridgehead atoms. The summed E-state index contributed by atoms with van der Waals surface area (Å²) in [6, 6.07) is 3.84. The molecule has 0 saturated heterocycles. The number of Topliss-reactive ketones (excluding diaryl/α,β-unsaturated/α-hetero) is 2. The number of amides is 1. The highest BCUT2D eigenvalue weighted by molar-refractivity contribution is 6.15. The summed E-state index contributed by atoms with van der Waals surface area (Å²) in [6.07, 6.45) is 1.83. The van der Waals surface area contributed by atoms with Crippen LogP contribution in [0.2, 0.25) is 0 Å². The summed E-state index contributed by atoms with van der Waals surface area (Å²) in [7, 11) is 0. The third-order valence-electron chi connectivity index (χ3n) is 4.66.